The molecule has 2 rings (SSSR count). The van der Waals surface area contributed by atoms with Crippen molar-refractivity contribution in [1.29, 1.82) is 0 Å². The summed E-state index contributed by atoms with van der Waals surface area (Å²) >= 11 is 3.40. The second kappa shape index (κ2) is 3.53. The van der Waals surface area contributed by atoms with Crippen LogP contribution < -0.4 is 10.5 Å². The summed E-state index contributed by atoms with van der Waals surface area (Å²) in [5.74, 6) is 0.760. The Morgan fingerprint density at radius 2 is 2.36 bits per heavy atom. The number of hydrogen-bond acceptors (Lipinski definition) is 3. The third-order valence-corrected chi connectivity index (χ3v) is 3.20. The van der Waals surface area contributed by atoms with Gasteiger partial charge in [0.25, 0.3) is 0 Å². The van der Waals surface area contributed by atoms with E-state index in [4.69, 9.17) is 10.5 Å². The molecule has 1 heterocycles. The van der Waals surface area contributed by atoms with Crippen LogP contribution in [0.3, 0.4) is 0 Å². The first-order valence-corrected chi connectivity index (χ1v) is 5.28. The van der Waals surface area contributed by atoms with Crippen molar-refractivity contribution in [2.45, 2.75) is 12.0 Å². The summed E-state index contributed by atoms with van der Waals surface area (Å²) in [4.78, 5) is 0. The lowest BCUT2D eigenvalue weighted by atomic mass is 9.86. The predicted octanol–water partition coefficient (Wildman–Crippen LogP) is 1.38. The summed E-state index contributed by atoms with van der Waals surface area (Å²) in [6.45, 7) is 0.493. The van der Waals surface area contributed by atoms with Crippen LogP contribution in [-0.4, -0.2) is 18.3 Å². The normalized spacial score (nSPS) is 25.4. The molecule has 0 spiro atoms. The smallest absolute Gasteiger partial charge is 0.138 e. The quantitative estimate of drug-likeness (QED) is 0.800. The van der Waals surface area contributed by atoms with E-state index in [1.165, 1.54) is 0 Å². The minimum absolute atomic E-state index is 0.0557. The van der Waals surface area contributed by atoms with E-state index in [0.717, 1.165) is 15.8 Å². The van der Waals surface area contributed by atoms with Crippen molar-refractivity contribution < 1.29 is 9.84 Å². The predicted molar refractivity (Wildman–Crippen MR) is 57.2 cm³/mol. The van der Waals surface area contributed by atoms with Crippen LogP contribution in [0, 0.1) is 0 Å². The number of para-hydroxylation sites is 1. The fraction of sp³-hybridized carbons (Fsp3) is 0.400. The minimum atomic E-state index is -0.655. The molecule has 14 heavy (non-hydrogen) atoms. The zero-order chi connectivity index (χ0) is 10.2. The zero-order valence-electron chi connectivity index (χ0n) is 7.66. The largest absolute Gasteiger partial charge is 0.492 e. The first kappa shape index (κ1) is 9.96. The molecular formula is C10H12BrNO2. The highest BCUT2D eigenvalue weighted by atomic mass is 79.9. The van der Waals surface area contributed by atoms with E-state index in [2.05, 4.69) is 15.9 Å². The van der Waals surface area contributed by atoms with Gasteiger partial charge in [0.2, 0.25) is 0 Å². The molecule has 1 aliphatic rings. The number of aliphatic hydroxyl groups excluding tert-OH is 1. The Kier molecular flexibility index (Phi) is 2.51. The van der Waals surface area contributed by atoms with Crippen molar-refractivity contribution in [3.05, 3.63) is 28.2 Å². The van der Waals surface area contributed by atoms with Gasteiger partial charge in [0.15, 0.2) is 0 Å². The van der Waals surface area contributed by atoms with Gasteiger partial charge >= 0.3 is 0 Å². The molecule has 1 aromatic rings. The molecule has 1 aromatic carbocycles. The molecular weight excluding hydrogens is 246 g/mol. The molecule has 3 nitrogen and oxygen atoms in total. The standard InChI is InChI=1S/C10H12BrNO2/c11-8-3-1-2-7-9(8)14-5-4-10(7,12)6-13/h1-3,13H,4-6,12H2/t10-/m1/s1. The summed E-state index contributed by atoms with van der Waals surface area (Å²) in [6, 6.07) is 5.70. The van der Waals surface area contributed by atoms with Gasteiger partial charge in [-0.05, 0) is 22.0 Å². The van der Waals surface area contributed by atoms with Gasteiger partial charge in [-0.1, -0.05) is 12.1 Å². The van der Waals surface area contributed by atoms with Gasteiger partial charge in [-0.2, -0.15) is 0 Å². The highest BCUT2D eigenvalue weighted by Crippen LogP contribution is 2.39. The Bertz CT molecular complexity index is 356. The van der Waals surface area contributed by atoms with E-state index >= 15 is 0 Å². The zero-order valence-corrected chi connectivity index (χ0v) is 9.25. The van der Waals surface area contributed by atoms with E-state index in [-0.39, 0.29) is 6.61 Å². The fourth-order valence-corrected chi connectivity index (χ4v) is 2.16. The Morgan fingerprint density at radius 3 is 3.07 bits per heavy atom. The number of fused-ring (bicyclic) bond motifs is 1. The third-order valence-electron chi connectivity index (χ3n) is 2.58. The first-order valence-electron chi connectivity index (χ1n) is 4.49. The van der Waals surface area contributed by atoms with Crippen molar-refractivity contribution in [2.24, 2.45) is 5.73 Å². The fourth-order valence-electron chi connectivity index (χ4n) is 1.68. The lowest BCUT2D eigenvalue weighted by molar-refractivity contribution is 0.138. The average Bonchev–Trinajstić information content (AvgIpc) is 2.20. The average molecular weight is 258 g/mol. The number of halogens is 1. The molecule has 76 valence electrons. The van der Waals surface area contributed by atoms with Gasteiger partial charge in [-0.15, -0.1) is 0 Å². The Labute approximate surface area is 91.0 Å². The van der Waals surface area contributed by atoms with Crippen LogP contribution >= 0.6 is 15.9 Å². The second-order valence-electron chi connectivity index (χ2n) is 3.53. The maximum atomic E-state index is 9.29. The molecule has 1 aliphatic heterocycles. The maximum absolute atomic E-state index is 9.29. The lowest BCUT2D eigenvalue weighted by Gasteiger charge is -2.34. The van der Waals surface area contributed by atoms with Crippen molar-refractivity contribution in [2.75, 3.05) is 13.2 Å². The van der Waals surface area contributed by atoms with Gasteiger partial charge in [0, 0.05) is 12.0 Å². The summed E-state index contributed by atoms with van der Waals surface area (Å²) < 4.78 is 6.40. The van der Waals surface area contributed by atoms with Crippen molar-refractivity contribution in [1.82, 2.24) is 0 Å². The van der Waals surface area contributed by atoms with Gasteiger partial charge < -0.3 is 15.6 Å². The number of hydrogen-bond donors (Lipinski definition) is 2. The third kappa shape index (κ3) is 1.43. The number of ether oxygens (including phenoxy) is 1. The van der Waals surface area contributed by atoms with E-state index in [1.807, 2.05) is 18.2 Å². The van der Waals surface area contributed by atoms with Gasteiger partial charge in [-0.3, -0.25) is 0 Å². The SMILES string of the molecule is N[C@@]1(CO)CCOc2c(Br)cccc21. The van der Waals surface area contributed by atoms with Crippen LogP contribution in [0.5, 0.6) is 5.75 Å². The van der Waals surface area contributed by atoms with E-state index < -0.39 is 5.54 Å². The van der Waals surface area contributed by atoms with Crippen LogP contribution in [0.2, 0.25) is 0 Å². The highest BCUT2D eigenvalue weighted by molar-refractivity contribution is 9.10. The van der Waals surface area contributed by atoms with Crippen molar-refractivity contribution >= 4 is 15.9 Å². The molecule has 4 heteroatoms. The van der Waals surface area contributed by atoms with Gasteiger partial charge in [0.05, 0.1) is 23.2 Å². The summed E-state index contributed by atoms with van der Waals surface area (Å²) in [7, 11) is 0. The maximum Gasteiger partial charge on any atom is 0.138 e. The molecule has 0 aliphatic carbocycles. The van der Waals surface area contributed by atoms with Crippen LogP contribution in [0.25, 0.3) is 0 Å². The van der Waals surface area contributed by atoms with Crippen LogP contribution in [0.4, 0.5) is 0 Å². The Morgan fingerprint density at radius 1 is 1.57 bits per heavy atom. The summed E-state index contributed by atoms with van der Waals surface area (Å²) in [6.07, 6.45) is 0.646. The summed E-state index contributed by atoms with van der Waals surface area (Å²) in [5.41, 5.74) is 6.31. The monoisotopic (exact) mass is 257 g/mol. The molecule has 1 atom stereocenters. The molecule has 0 bridgehead atoms. The summed E-state index contributed by atoms with van der Waals surface area (Å²) in [5, 5.41) is 9.29. The van der Waals surface area contributed by atoms with Crippen LogP contribution in [0.15, 0.2) is 22.7 Å². The van der Waals surface area contributed by atoms with Gasteiger partial charge in [-0.25, -0.2) is 0 Å². The second-order valence-corrected chi connectivity index (χ2v) is 4.38. The molecule has 0 unspecified atom stereocenters. The Balaban J connectivity index is 2.55. The molecule has 0 fully saturated rings. The molecule has 0 amide bonds. The number of nitrogens with two attached hydrogens (primary N) is 1. The lowest BCUT2D eigenvalue weighted by Crippen LogP contribution is -2.44. The molecule has 0 radical (unpaired) electrons. The van der Waals surface area contributed by atoms with E-state index in [1.54, 1.807) is 0 Å². The molecule has 0 saturated carbocycles. The Hall–Kier alpha value is -0.580. The molecule has 0 aromatic heterocycles. The van der Waals surface area contributed by atoms with E-state index in [9.17, 15) is 5.11 Å². The van der Waals surface area contributed by atoms with Crippen LogP contribution in [-0.2, 0) is 5.54 Å². The van der Waals surface area contributed by atoms with Crippen molar-refractivity contribution in [3.63, 3.8) is 0 Å². The first-order chi connectivity index (χ1) is 6.67. The molecule has 0 saturated heterocycles. The molecule has 3 N–H and O–H groups in total. The van der Waals surface area contributed by atoms with Gasteiger partial charge in [0.1, 0.15) is 5.75 Å². The number of rotatable bonds is 1. The highest BCUT2D eigenvalue weighted by Gasteiger charge is 2.34. The minimum Gasteiger partial charge on any atom is -0.492 e. The van der Waals surface area contributed by atoms with Crippen molar-refractivity contribution in [3.8, 4) is 5.75 Å². The number of benzene rings is 1. The van der Waals surface area contributed by atoms with E-state index in [0.29, 0.717) is 13.0 Å². The van der Waals surface area contributed by atoms with Crippen LogP contribution in [0.1, 0.15) is 12.0 Å². The topological polar surface area (TPSA) is 55.5 Å². The number of aliphatic hydroxyl groups is 1.